The Morgan fingerprint density at radius 3 is 1.91 bits per heavy atom. The van der Waals surface area contributed by atoms with Crippen LogP contribution in [0, 0.1) is 20.8 Å². The van der Waals surface area contributed by atoms with E-state index in [0.29, 0.717) is 11.8 Å². The van der Waals surface area contributed by atoms with Crippen molar-refractivity contribution in [3.63, 3.8) is 0 Å². The lowest BCUT2D eigenvalue weighted by Gasteiger charge is -2.18. The van der Waals surface area contributed by atoms with Gasteiger partial charge in [-0.25, -0.2) is 0 Å². The first-order valence-electron chi connectivity index (χ1n) is 11.3. The summed E-state index contributed by atoms with van der Waals surface area (Å²) in [5.74, 6) is 1.26. The number of benzene rings is 3. The SMILES string of the molecule is Cc1cc(C)c(-c2ccc(CCc3nnc(-c4ccc(C(C)(C)C)cc4)o3)cc2)c(C)c1. The molecule has 1 heterocycles. The summed E-state index contributed by atoms with van der Waals surface area (Å²) in [5.41, 5.74) is 10.2. The standard InChI is InChI=1S/C29H32N2O/c1-19-17-20(2)27(21(3)18-19)23-10-7-22(8-11-23)9-16-26-30-31-28(32-26)24-12-14-25(15-13-24)29(4,5)6/h7-8,10-15,17-18H,9,16H2,1-6H3. The molecule has 164 valence electrons. The van der Waals surface area contributed by atoms with E-state index >= 15 is 0 Å². The molecule has 1 aromatic heterocycles. The molecule has 0 aliphatic carbocycles. The maximum absolute atomic E-state index is 5.93. The minimum absolute atomic E-state index is 0.130. The Hall–Kier alpha value is -3.20. The second-order valence-electron chi connectivity index (χ2n) is 9.80. The first-order valence-corrected chi connectivity index (χ1v) is 11.3. The number of aromatic nitrogens is 2. The highest BCUT2D eigenvalue weighted by Crippen LogP contribution is 2.29. The van der Waals surface area contributed by atoms with E-state index in [-0.39, 0.29) is 5.41 Å². The van der Waals surface area contributed by atoms with Crippen LogP contribution in [0.3, 0.4) is 0 Å². The molecule has 3 heteroatoms. The predicted molar refractivity (Wildman–Crippen MR) is 132 cm³/mol. The van der Waals surface area contributed by atoms with Gasteiger partial charge < -0.3 is 4.42 Å². The molecule has 4 aromatic rings. The lowest BCUT2D eigenvalue weighted by Crippen LogP contribution is -2.10. The van der Waals surface area contributed by atoms with Gasteiger partial charge in [0.1, 0.15) is 0 Å². The van der Waals surface area contributed by atoms with E-state index in [0.717, 1.165) is 18.4 Å². The van der Waals surface area contributed by atoms with E-state index in [1.807, 2.05) is 0 Å². The van der Waals surface area contributed by atoms with Crippen molar-refractivity contribution in [1.82, 2.24) is 10.2 Å². The van der Waals surface area contributed by atoms with Crippen molar-refractivity contribution in [3.8, 4) is 22.6 Å². The van der Waals surface area contributed by atoms with Crippen molar-refractivity contribution in [1.29, 1.82) is 0 Å². The summed E-state index contributed by atoms with van der Waals surface area (Å²) in [6, 6.07) is 21.7. The summed E-state index contributed by atoms with van der Waals surface area (Å²) in [4.78, 5) is 0. The minimum Gasteiger partial charge on any atom is -0.421 e. The number of hydrogen-bond donors (Lipinski definition) is 0. The third-order valence-electron chi connectivity index (χ3n) is 6.01. The van der Waals surface area contributed by atoms with E-state index < -0.39 is 0 Å². The van der Waals surface area contributed by atoms with Gasteiger partial charge in [0.25, 0.3) is 0 Å². The van der Waals surface area contributed by atoms with Crippen LogP contribution in [-0.2, 0) is 18.3 Å². The molecule has 0 aliphatic rings. The van der Waals surface area contributed by atoms with Crippen molar-refractivity contribution in [2.75, 3.05) is 0 Å². The van der Waals surface area contributed by atoms with Gasteiger partial charge in [0.2, 0.25) is 11.8 Å². The van der Waals surface area contributed by atoms with Crippen molar-refractivity contribution in [2.45, 2.75) is 59.8 Å². The van der Waals surface area contributed by atoms with Crippen molar-refractivity contribution in [2.24, 2.45) is 0 Å². The first kappa shape index (κ1) is 22.0. The fourth-order valence-corrected chi connectivity index (χ4v) is 4.31. The predicted octanol–water partition coefficient (Wildman–Crippen LogP) is 7.41. The molecule has 0 saturated carbocycles. The molecule has 4 rings (SSSR count). The Bertz CT molecular complexity index is 1190. The summed E-state index contributed by atoms with van der Waals surface area (Å²) in [6.45, 7) is 13.2. The molecule has 0 N–H and O–H groups in total. The average Bonchev–Trinajstić information content (AvgIpc) is 3.21. The van der Waals surface area contributed by atoms with Crippen molar-refractivity contribution >= 4 is 0 Å². The van der Waals surface area contributed by atoms with Crippen LogP contribution in [0.5, 0.6) is 0 Å². The highest BCUT2D eigenvalue weighted by Gasteiger charge is 2.15. The molecule has 0 atom stereocenters. The van der Waals surface area contributed by atoms with Gasteiger partial charge in [-0.15, -0.1) is 10.2 Å². The van der Waals surface area contributed by atoms with Crippen LogP contribution in [0.4, 0.5) is 0 Å². The number of nitrogens with zero attached hydrogens (tertiary/aromatic N) is 2. The molecule has 3 nitrogen and oxygen atoms in total. The number of rotatable bonds is 5. The Labute approximate surface area is 191 Å². The maximum atomic E-state index is 5.93. The molecule has 0 fully saturated rings. The third-order valence-corrected chi connectivity index (χ3v) is 6.01. The lowest BCUT2D eigenvalue weighted by atomic mass is 9.87. The van der Waals surface area contributed by atoms with E-state index in [1.54, 1.807) is 0 Å². The van der Waals surface area contributed by atoms with E-state index in [9.17, 15) is 0 Å². The van der Waals surface area contributed by atoms with E-state index in [4.69, 9.17) is 4.42 Å². The van der Waals surface area contributed by atoms with Gasteiger partial charge in [-0.05, 0) is 78.1 Å². The van der Waals surface area contributed by atoms with Crippen molar-refractivity contribution in [3.05, 3.63) is 94.4 Å². The maximum Gasteiger partial charge on any atom is 0.247 e. The molecule has 0 saturated heterocycles. The topological polar surface area (TPSA) is 38.9 Å². The van der Waals surface area contributed by atoms with Gasteiger partial charge in [0, 0.05) is 12.0 Å². The van der Waals surface area contributed by atoms with E-state index in [2.05, 4.69) is 112 Å². The molecule has 0 unspecified atom stereocenters. The molecular formula is C29H32N2O. The zero-order chi connectivity index (χ0) is 22.9. The summed E-state index contributed by atoms with van der Waals surface area (Å²) < 4.78 is 5.93. The molecule has 32 heavy (non-hydrogen) atoms. The average molecular weight is 425 g/mol. The largest absolute Gasteiger partial charge is 0.421 e. The van der Waals surface area contributed by atoms with Gasteiger partial charge in [-0.1, -0.05) is 74.9 Å². The van der Waals surface area contributed by atoms with Crippen LogP contribution in [-0.4, -0.2) is 10.2 Å². The minimum atomic E-state index is 0.130. The quantitative estimate of drug-likeness (QED) is 0.335. The number of hydrogen-bond acceptors (Lipinski definition) is 3. The monoisotopic (exact) mass is 424 g/mol. The van der Waals surface area contributed by atoms with Crippen LogP contribution in [0.15, 0.2) is 65.1 Å². The van der Waals surface area contributed by atoms with Crippen LogP contribution < -0.4 is 0 Å². The van der Waals surface area contributed by atoms with Gasteiger partial charge in [0.05, 0.1) is 0 Å². The molecule has 0 spiro atoms. The van der Waals surface area contributed by atoms with Crippen LogP contribution >= 0.6 is 0 Å². The highest BCUT2D eigenvalue weighted by molar-refractivity contribution is 5.71. The van der Waals surface area contributed by atoms with Gasteiger partial charge in [-0.3, -0.25) is 0 Å². The van der Waals surface area contributed by atoms with Gasteiger partial charge in [-0.2, -0.15) is 0 Å². The summed E-state index contributed by atoms with van der Waals surface area (Å²) >= 11 is 0. The first-order chi connectivity index (χ1) is 15.2. The molecule has 0 radical (unpaired) electrons. The fourth-order valence-electron chi connectivity index (χ4n) is 4.31. The Kier molecular flexibility index (Phi) is 6.01. The zero-order valence-electron chi connectivity index (χ0n) is 20.0. The Morgan fingerprint density at radius 1 is 0.719 bits per heavy atom. The fraction of sp³-hybridized carbons (Fsp3) is 0.310. The zero-order valence-corrected chi connectivity index (χ0v) is 20.0. The van der Waals surface area contributed by atoms with Crippen LogP contribution in [0.2, 0.25) is 0 Å². The van der Waals surface area contributed by atoms with E-state index in [1.165, 1.54) is 38.9 Å². The molecule has 0 bridgehead atoms. The van der Waals surface area contributed by atoms with Crippen LogP contribution in [0.1, 0.15) is 54.5 Å². The van der Waals surface area contributed by atoms with Crippen molar-refractivity contribution < 1.29 is 4.42 Å². The highest BCUT2D eigenvalue weighted by atomic mass is 16.4. The second-order valence-corrected chi connectivity index (χ2v) is 9.80. The molecule has 0 aliphatic heterocycles. The van der Waals surface area contributed by atoms with Gasteiger partial charge >= 0.3 is 0 Å². The summed E-state index contributed by atoms with van der Waals surface area (Å²) in [5, 5.41) is 8.51. The van der Waals surface area contributed by atoms with Gasteiger partial charge in [0.15, 0.2) is 0 Å². The normalized spacial score (nSPS) is 11.7. The smallest absolute Gasteiger partial charge is 0.247 e. The summed E-state index contributed by atoms with van der Waals surface area (Å²) in [7, 11) is 0. The third kappa shape index (κ3) is 4.83. The molecule has 0 amide bonds. The molecule has 3 aromatic carbocycles. The number of aryl methyl sites for hydroxylation is 5. The summed E-state index contributed by atoms with van der Waals surface area (Å²) in [6.07, 6.45) is 1.60. The van der Waals surface area contributed by atoms with Crippen LogP contribution in [0.25, 0.3) is 22.6 Å². The molecular weight excluding hydrogens is 392 g/mol. The Morgan fingerprint density at radius 2 is 1.31 bits per heavy atom. The Balaban J connectivity index is 1.42. The second kappa shape index (κ2) is 8.74. The lowest BCUT2D eigenvalue weighted by molar-refractivity contribution is 0.504.